The van der Waals surface area contributed by atoms with E-state index in [0.29, 0.717) is 27.4 Å². The van der Waals surface area contributed by atoms with E-state index in [9.17, 15) is 10.1 Å². The first-order chi connectivity index (χ1) is 15.1. The minimum Gasteiger partial charge on any atom is -0.422 e. The van der Waals surface area contributed by atoms with Gasteiger partial charge in [-0.1, -0.05) is 30.3 Å². The molecule has 4 rings (SSSR count). The van der Waals surface area contributed by atoms with Gasteiger partial charge in [-0.3, -0.25) is 0 Å². The Morgan fingerprint density at radius 1 is 1.16 bits per heavy atom. The monoisotopic (exact) mass is 427 g/mol. The lowest BCUT2D eigenvalue weighted by Gasteiger charge is -2.20. The maximum Gasteiger partial charge on any atom is 0.345 e. The van der Waals surface area contributed by atoms with Gasteiger partial charge in [0, 0.05) is 35.6 Å². The number of aromatic nitrogens is 1. The molecule has 2 aromatic carbocycles. The number of benzene rings is 2. The van der Waals surface area contributed by atoms with E-state index in [-0.39, 0.29) is 0 Å². The summed E-state index contributed by atoms with van der Waals surface area (Å²) in [6.45, 7) is 5.94. The summed E-state index contributed by atoms with van der Waals surface area (Å²) in [7, 11) is 0. The van der Waals surface area contributed by atoms with E-state index < -0.39 is 5.63 Å². The molecule has 0 atom stereocenters. The molecule has 0 aliphatic heterocycles. The lowest BCUT2D eigenvalue weighted by atomic mass is 10.1. The van der Waals surface area contributed by atoms with Gasteiger partial charge in [-0.05, 0) is 43.7 Å². The smallest absolute Gasteiger partial charge is 0.345 e. The molecule has 0 aliphatic rings. The van der Waals surface area contributed by atoms with Crippen LogP contribution in [0.3, 0.4) is 0 Å². The predicted octanol–water partition coefficient (Wildman–Crippen LogP) is 5.83. The Morgan fingerprint density at radius 2 is 1.94 bits per heavy atom. The van der Waals surface area contributed by atoms with Crippen LogP contribution in [-0.4, -0.2) is 18.1 Å². The normalized spacial score (nSPS) is 11.5. The highest BCUT2D eigenvalue weighted by molar-refractivity contribution is 7.11. The Labute approximate surface area is 184 Å². The van der Waals surface area contributed by atoms with E-state index in [1.165, 1.54) is 11.3 Å². The SMILES string of the molecule is CCN(CC)c1ccc2cc(-c3csc(C(C#N)=Cc4ccccc4)n3)c(=O)oc2c1. The number of fused-ring (bicyclic) bond motifs is 1. The van der Waals surface area contributed by atoms with Gasteiger partial charge in [0.25, 0.3) is 0 Å². The van der Waals surface area contributed by atoms with Crippen molar-refractivity contribution < 1.29 is 4.42 Å². The molecule has 0 amide bonds. The highest BCUT2D eigenvalue weighted by Crippen LogP contribution is 2.28. The minimum absolute atomic E-state index is 0.391. The topological polar surface area (TPSA) is 70.1 Å². The molecule has 154 valence electrons. The van der Waals surface area contributed by atoms with Crippen LogP contribution in [0.4, 0.5) is 5.69 Å². The van der Waals surface area contributed by atoms with Crippen molar-refractivity contribution in [2.24, 2.45) is 0 Å². The van der Waals surface area contributed by atoms with Crippen molar-refractivity contribution in [2.75, 3.05) is 18.0 Å². The summed E-state index contributed by atoms with van der Waals surface area (Å²) in [6.07, 6.45) is 1.79. The molecule has 2 aromatic heterocycles. The van der Waals surface area contributed by atoms with Gasteiger partial charge >= 0.3 is 5.63 Å². The molecule has 4 aromatic rings. The summed E-state index contributed by atoms with van der Waals surface area (Å²) in [5.41, 5.74) is 3.41. The van der Waals surface area contributed by atoms with Gasteiger partial charge in [-0.25, -0.2) is 9.78 Å². The second-order valence-corrected chi connectivity index (χ2v) is 7.82. The number of allylic oxidation sites excluding steroid dienone is 1. The summed E-state index contributed by atoms with van der Waals surface area (Å²) in [4.78, 5) is 19.4. The van der Waals surface area contributed by atoms with E-state index in [4.69, 9.17) is 4.42 Å². The quantitative estimate of drug-likeness (QED) is 0.286. The van der Waals surface area contributed by atoms with Crippen molar-refractivity contribution in [3.8, 4) is 17.3 Å². The van der Waals surface area contributed by atoms with E-state index in [1.807, 2.05) is 48.5 Å². The number of anilines is 1. The molecule has 0 radical (unpaired) electrons. The van der Waals surface area contributed by atoms with E-state index in [1.54, 1.807) is 17.5 Å². The zero-order valence-electron chi connectivity index (χ0n) is 17.3. The predicted molar refractivity (Wildman–Crippen MR) is 127 cm³/mol. The third-order valence-corrected chi connectivity index (χ3v) is 5.97. The number of hydrogen-bond acceptors (Lipinski definition) is 6. The van der Waals surface area contributed by atoms with Crippen LogP contribution in [0.1, 0.15) is 24.4 Å². The van der Waals surface area contributed by atoms with Gasteiger partial charge in [-0.15, -0.1) is 11.3 Å². The standard InChI is InChI=1S/C25H21N3O2S/c1-3-28(4-2)20-11-10-18-13-21(25(29)30-23(18)14-20)22-16-31-24(27-22)19(15-26)12-17-8-6-5-7-9-17/h5-14,16H,3-4H2,1-2H3. The lowest BCUT2D eigenvalue weighted by molar-refractivity contribution is 0.563. The van der Waals surface area contributed by atoms with Crippen LogP contribution in [0, 0.1) is 11.3 Å². The molecule has 0 saturated heterocycles. The first-order valence-corrected chi connectivity index (χ1v) is 11.0. The molecular weight excluding hydrogens is 406 g/mol. The zero-order chi connectivity index (χ0) is 21.8. The van der Waals surface area contributed by atoms with Gasteiger partial charge < -0.3 is 9.32 Å². The number of nitrogens with zero attached hydrogens (tertiary/aromatic N) is 3. The molecule has 6 heteroatoms. The highest BCUT2D eigenvalue weighted by Gasteiger charge is 2.14. The minimum atomic E-state index is -0.438. The average Bonchev–Trinajstić information content (AvgIpc) is 3.28. The second kappa shape index (κ2) is 8.99. The second-order valence-electron chi connectivity index (χ2n) is 6.96. The molecule has 0 saturated carbocycles. The molecule has 0 spiro atoms. The van der Waals surface area contributed by atoms with Crippen molar-refractivity contribution >= 4 is 39.6 Å². The number of hydrogen-bond donors (Lipinski definition) is 0. The fraction of sp³-hybridized carbons (Fsp3) is 0.160. The maximum absolute atomic E-state index is 12.7. The van der Waals surface area contributed by atoms with Crippen molar-refractivity contribution in [1.29, 1.82) is 5.26 Å². The summed E-state index contributed by atoms with van der Waals surface area (Å²) < 4.78 is 5.62. The number of nitriles is 1. The summed E-state index contributed by atoms with van der Waals surface area (Å²) in [5.74, 6) is 0. The molecule has 0 unspecified atom stereocenters. The van der Waals surface area contributed by atoms with Crippen molar-refractivity contribution in [2.45, 2.75) is 13.8 Å². The fourth-order valence-corrected chi connectivity index (χ4v) is 4.23. The molecule has 2 heterocycles. The van der Waals surface area contributed by atoms with Gasteiger partial charge in [0.15, 0.2) is 0 Å². The molecule has 0 fully saturated rings. The highest BCUT2D eigenvalue weighted by atomic mass is 32.1. The van der Waals surface area contributed by atoms with Crippen molar-refractivity contribution in [3.05, 3.63) is 81.0 Å². The zero-order valence-corrected chi connectivity index (χ0v) is 18.1. The Balaban J connectivity index is 1.71. The van der Waals surface area contributed by atoms with E-state index in [0.717, 1.165) is 29.7 Å². The van der Waals surface area contributed by atoms with Crippen LogP contribution < -0.4 is 10.5 Å². The number of thiazole rings is 1. The van der Waals surface area contributed by atoms with Crippen molar-refractivity contribution in [1.82, 2.24) is 4.98 Å². The Hall–Kier alpha value is -3.69. The van der Waals surface area contributed by atoms with E-state index >= 15 is 0 Å². The van der Waals surface area contributed by atoms with Gasteiger partial charge in [0.05, 0.1) is 16.8 Å². The fourth-order valence-electron chi connectivity index (χ4n) is 3.44. The van der Waals surface area contributed by atoms with Crippen LogP contribution in [0.5, 0.6) is 0 Å². The van der Waals surface area contributed by atoms with Crippen LogP contribution >= 0.6 is 11.3 Å². The van der Waals surface area contributed by atoms with Gasteiger partial charge in [0.2, 0.25) is 0 Å². The molecule has 0 aliphatic carbocycles. The van der Waals surface area contributed by atoms with Crippen LogP contribution in [0.25, 0.3) is 33.9 Å². The average molecular weight is 428 g/mol. The first-order valence-electron chi connectivity index (χ1n) is 10.1. The largest absolute Gasteiger partial charge is 0.422 e. The van der Waals surface area contributed by atoms with Crippen molar-refractivity contribution in [3.63, 3.8) is 0 Å². The number of rotatable bonds is 6. The lowest BCUT2D eigenvalue weighted by Crippen LogP contribution is -2.21. The Kier molecular flexibility index (Phi) is 5.96. The molecular formula is C25H21N3O2S. The summed E-state index contributed by atoms with van der Waals surface area (Å²) >= 11 is 1.33. The van der Waals surface area contributed by atoms with Gasteiger partial charge in [-0.2, -0.15) is 5.26 Å². The third kappa shape index (κ3) is 4.27. The van der Waals surface area contributed by atoms with Crippen LogP contribution in [0.2, 0.25) is 0 Å². The maximum atomic E-state index is 12.7. The summed E-state index contributed by atoms with van der Waals surface area (Å²) in [5, 5.41) is 12.8. The Morgan fingerprint density at radius 3 is 2.65 bits per heavy atom. The molecule has 31 heavy (non-hydrogen) atoms. The molecule has 5 nitrogen and oxygen atoms in total. The molecule has 0 N–H and O–H groups in total. The van der Waals surface area contributed by atoms with Crippen LogP contribution in [-0.2, 0) is 0 Å². The Bertz CT molecular complexity index is 1340. The third-order valence-electron chi connectivity index (χ3n) is 5.09. The van der Waals surface area contributed by atoms with Crippen LogP contribution in [0.15, 0.2) is 69.2 Å². The summed E-state index contributed by atoms with van der Waals surface area (Å²) in [6, 6.07) is 19.5. The van der Waals surface area contributed by atoms with E-state index in [2.05, 4.69) is 29.8 Å². The molecule has 0 bridgehead atoms. The van der Waals surface area contributed by atoms with Gasteiger partial charge in [0.1, 0.15) is 16.7 Å². The first kappa shape index (κ1) is 20.6.